The molecule has 1 saturated heterocycles. The fourth-order valence-electron chi connectivity index (χ4n) is 4.21. The number of esters is 1. The normalized spacial score (nSPS) is 20.3. The van der Waals surface area contributed by atoms with Gasteiger partial charge in [-0.05, 0) is 49.2 Å². The van der Waals surface area contributed by atoms with E-state index in [1.165, 1.54) is 4.90 Å². The summed E-state index contributed by atoms with van der Waals surface area (Å²) in [5.41, 5.74) is 5.12. The predicted octanol–water partition coefficient (Wildman–Crippen LogP) is 2.16. The summed E-state index contributed by atoms with van der Waals surface area (Å²) in [5.74, 6) is 0.398. The molecule has 0 spiro atoms. The summed E-state index contributed by atoms with van der Waals surface area (Å²) < 4.78 is 15.8. The number of benzene rings is 2. The van der Waals surface area contributed by atoms with E-state index in [4.69, 9.17) is 14.2 Å². The van der Waals surface area contributed by atoms with Gasteiger partial charge in [-0.2, -0.15) is 0 Å². The van der Waals surface area contributed by atoms with Gasteiger partial charge in [0.1, 0.15) is 12.6 Å². The Labute approximate surface area is 196 Å². The number of anilines is 1. The van der Waals surface area contributed by atoms with Crippen molar-refractivity contribution in [1.29, 1.82) is 0 Å². The Balaban J connectivity index is 1.21. The van der Waals surface area contributed by atoms with Crippen molar-refractivity contribution in [1.82, 2.24) is 15.3 Å². The Morgan fingerprint density at radius 1 is 1.15 bits per heavy atom. The van der Waals surface area contributed by atoms with Crippen LogP contribution in [0.3, 0.4) is 0 Å². The average Bonchev–Trinajstić information content (AvgIpc) is 3.48. The third kappa shape index (κ3) is 4.27. The number of fused-ring (bicyclic) bond motifs is 2. The van der Waals surface area contributed by atoms with Crippen molar-refractivity contribution in [3.05, 3.63) is 66.0 Å². The Bertz CT molecular complexity index is 1170. The monoisotopic (exact) mass is 464 g/mol. The average molecular weight is 464 g/mol. The van der Waals surface area contributed by atoms with Gasteiger partial charge in [0.2, 0.25) is 12.7 Å². The standard InChI is InChI=1S/C24H24N4O6/c1-2-32-24(31)16-4-3-5-17(10-16)25-22(29)13-27-8-9-28-19(23(27)30)12-18(26-28)15-6-7-20-21(11-15)34-14-33-20/h3-11,18-19,26H,2,12-14H2,1H3,(H,25,29). The lowest BCUT2D eigenvalue weighted by Gasteiger charge is -2.31. The third-order valence-electron chi connectivity index (χ3n) is 5.85. The van der Waals surface area contributed by atoms with Gasteiger partial charge in [-0.1, -0.05) is 12.1 Å². The molecule has 0 bridgehead atoms. The van der Waals surface area contributed by atoms with Gasteiger partial charge in [-0.3, -0.25) is 9.59 Å². The van der Waals surface area contributed by atoms with E-state index >= 15 is 0 Å². The largest absolute Gasteiger partial charge is 0.462 e. The lowest BCUT2D eigenvalue weighted by molar-refractivity contribution is -0.137. The lowest BCUT2D eigenvalue weighted by Crippen LogP contribution is -2.49. The van der Waals surface area contributed by atoms with Crippen molar-refractivity contribution in [3.63, 3.8) is 0 Å². The second-order valence-electron chi connectivity index (χ2n) is 8.07. The first-order chi connectivity index (χ1) is 16.5. The van der Waals surface area contributed by atoms with E-state index in [9.17, 15) is 14.4 Å². The molecule has 3 aliphatic rings. The Morgan fingerprint density at radius 2 is 2.00 bits per heavy atom. The smallest absolute Gasteiger partial charge is 0.338 e. The van der Waals surface area contributed by atoms with Crippen LogP contribution in [-0.2, 0) is 14.3 Å². The zero-order valence-electron chi connectivity index (χ0n) is 18.5. The van der Waals surface area contributed by atoms with Crippen LogP contribution in [0.5, 0.6) is 11.5 Å². The van der Waals surface area contributed by atoms with Crippen molar-refractivity contribution in [2.24, 2.45) is 0 Å². The highest BCUT2D eigenvalue weighted by molar-refractivity contribution is 5.97. The molecule has 2 unspecified atom stereocenters. The lowest BCUT2D eigenvalue weighted by atomic mass is 10.0. The minimum Gasteiger partial charge on any atom is -0.462 e. The number of carbonyl (C=O) groups is 3. The van der Waals surface area contributed by atoms with Crippen molar-refractivity contribution < 1.29 is 28.6 Å². The first-order valence-electron chi connectivity index (χ1n) is 11.0. The third-order valence-corrected chi connectivity index (χ3v) is 5.85. The molecule has 0 saturated carbocycles. The summed E-state index contributed by atoms with van der Waals surface area (Å²) in [7, 11) is 0. The number of hydrazine groups is 1. The number of nitrogens with zero attached hydrogens (tertiary/aromatic N) is 2. The molecule has 3 heterocycles. The van der Waals surface area contributed by atoms with Crippen LogP contribution in [0.2, 0.25) is 0 Å². The summed E-state index contributed by atoms with van der Waals surface area (Å²) >= 11 is 0. The molecule has 0 aliphatic carbocycles. The van der Waals surface area contributed by atoms with Gasteiger partial charge in [0.25, 0.3) is 5.91 Å². The minimum absolute atomic E-state index is 0.0764. The van der Waals surface area contributed by atoms with E-state index in [1.807, 2.05) is 18.2 Å². The number of nitrogens with one attached hydrogen (secondary N) is 2. The SMILES string of the molecule is CCOC(=O)c1cccc(NC(=O)CN2C=CN3NC(c4ccc5c(c4)OCO5)CC3C2=O)c1. The second kappa shape index (κ2) is 9.06. The molecule has 2 aromatic carbocycles. The maximum atomic E-state index is 13.1. The zero-order valence-corrected chi connectivity index (χ0v) is 18.5. The van der Waals surface area contributed by atoms with E-state index in [1.54, 1.807) is 48.6 Å². The van der Waals surface area contributed by atoms with Crippen LogP contribution >= 0.6 is 0 Å². The van der Waals surface area contributed by atoms with Crippen LogP contribution in [0.1, 0.15) is 35.3 Å². The molecule has 0 aromatic heterocycles. The Morgan fingerprint density at radius 3 is 2.85 bits per heavy atom. The van der Waals surface area contributed by atoms with Crippen LogP contribution in [0.15, 0.2) is 54.9 Å². The Kier molecular flexibility index (Phi) is 5.81. The van der Waals surface area contributed by atoms with Crippen molar-refractivity contribution in [3.8, 4) is 11.5 Å². The molecule has 10 nitrogen and oxygen atoms in total. The highest BCUT2D eigenvalue weighted by atomic mass is 16.7. The number of ether oxygens (including phenoxy) is 3. The summed E-state index contributed by atoms with van der Waals surface area (Å²) in [6.07, 6.45) is 3.89. The van der Waals surface area contributed by atoms with Gasteiger partial charge in [0.05, 0.1) is 18.2 Å². The van der Waals surface area contributed by atoms with Crippen molar-refractivity contribution in [2.45, 2.75) is 25.4 Å². The van der Waals surface area contributed by atoms with Crippen LogP contribution in [0.4, 0.5) is 5.69 Å². The number of rotatable bonds is 6. The predicted molar refractivity (Wildman–Crippen MR) is 121 cm³/mol. The fourth-order valence-corrected chi connectivity index (χ4v) is 4.21. The van der Waals surface area contributed by atoms with Crippen LogP contribution in [-0.4, -0.2) is 53.7 Å². The summed E-state index contributed by atoms with van der Waals surface area (Å²) in [5, 5.41) is 4.51. The van der Waals surface area contributed by atoms with Crippen LogP contribution in [0.25, 0.3) is 0 Å². The molecular weight excluding hydrogens is 440 g/mol. The van der Waals surface area contributed by atoms with Gasteiger partial charge < -0.3 is 29.4 Å². The quantitative estimate of drug-likeness (QED) is 0.626. The van der Waals surface area contributed by atoms with Crippen molar-refractivity contribution in [2.75, 3.05) is 25.3 Å². The maximum Gasteiger partial charge on any atom is 0.338 e. The van der Waals surface area contributed by atoms with Gasteiger partial charge >= 0.3 is 5.97 Å². The number of hydrogen-bond acceptors (Lipinski definition) is 8. The molecule has 2 N–H and O–H groups in total. The van der Waals surface area contributed by atoms with Crippen LogP contribution < -0.4 is 20.2 Å². The van der Waals surface area contributed by atoms with Gasteiger partial charge in [-0.15, -0.1) is 0 Å². The van der Waals surface area contributed by atoms with E-state index in [-0.39, 0.29) is 37.8 Å². The molecule has 34 heavy (non-hydrogen) atoms. The number of hydrogen-bond donors (Lipinski definition) is 2. The van der Waals surface area contributed by atoms with Gasteiger partial charge in [-0.25, -0.2) is 10.2 Å². The van der Waals surface area contributed by atoms with E-state index in [2.05, 4.69) is 10.7 Å². The zero-order chi connectivity index (χ0) is 23.7. The molecule has 2 aromatic rings. The number of carbonyl (C=O) groups excluding carboxylic acids is 3. The van der Waals surface area contributed by atoms with Crippen LogP contribution in [0, 0.1) is 0 Å². The first kappa shape index (κ1) is 21.8. The molecule has 5 rings (SSSR count). The molecule has 1 fully saturated rings. The molecule has 10 heteroatoms. The number of amides is 2. The second-order valence-corrected chi connectivity index (χ2v) is 8.07. The van der Waals surface area contributed by atoms with Gasteiger partial charge in [0.15, 0.2) is 11.5 Å². The highest BCUT2D eigenvalue weighted by Crippen LogP contribution is 2.37. The molecule has 2 amide bonds. The molecule has 2 atom stereocenters. The fraction of sp³-hybridized carbons (Fsp3) is 0.292. The summed E-state index contributed by atoms with van der Waals surface area (Å²) in [6.45, 7) is 2.06. The van der Waals surface area contributed by atoms with E-state index in [0.29, 0.717) is 29.2 Å². The molecular formula is C24H24N4O6. The first-order valence-corrected chi connectivity index (χ1v) is 11.0. The Hall–Kier alpha value is -4.05. The van der Waals surface area contributed by atoms with Gasteiger partial charge in [0, 0.05) is 18.1 Å². The van der Waals surface area contributed by atoms with E-state index < -0.39 is 12.0 Å². The summed E-state index contributed by atoms with van der Waals surface area (Å²) in [6, 6.07) is 11.7. The van der Waals surface area contributed by atoms with E-state index in [0.717, 1.165) is 5.56 Å². The summed E-state index contributed by atoms with van der Waals surface area (Å²) in [4.78, 5) is 39.0. The topological polar surface area (TPSA) is 109 Å². The maximum absolute atomic E-state index is 13.1. The van der Waals surface area contributed by atoms with Crippen molar-refractivity contribution >= 4 is 23.5 Å². The highest BCUT2D eigenvalue weighted by Gasteiger charge is 2.40. The molecule has 0 radical (unpaired) electrons. The minimum atomic E-state index is -0.460. The molecule has 176 valence electrons. The molecule has 3 aliphatic heterocycles.